The summed E-state index contributed by atoms with van der Waals surface area (Å²) >= 11 is 0. The zero-order valence-corrected chi connectivity index (χ0v) is 20.6. The second kappa shape index (κ2) is 8.45. The molecule has 0 saturated carbocycles. The van der Waals surface area contributed by atoms with E-state index < -0.39 is 17.9 Å². The molecular formula is C26H27F2N5O3. The van der Waals surface area contributed by atoms with Crippen molar-refractivity contribution in [3.63, 3.8) is 0 Å². The highest BCUT2D eigenvalue weighted by atomic mass is 19.3. The van der Waals surface area contributed by atoms with E-state index in [-0.39, 0.29) is 22.5 Å². The Hall–Kier alpha value is -3.71. The summed E-state index contributed by atoms with van der Waals surface area (Å²) in [5.74, 6) is -0.485. The number of alkyl halides is 2. The Morgan fingerprint density at radius 1 is 1.19 bits per heavy atom. The molecule has 0 radical (unpaired) electrons. The lowest BCUT2D eigenvalue weighted by Crippen LogP contribution is -2.72. The van der Waals surface area contributed by atoms with Crippen molar-refractivity contribution in [1.29, 1.82) is 5.26 Å². The molecule has 8 nitrogen and oxygen atoms in total. The summed E-state index contributed by atoms with van der Waals surface area (Å²) < 4.78 is 38.9. The number of imidazole rings is 1. The third-order valence-electron chi connectivity index (χ3n) is 7.08. The molecule has 1 spiro atoms. The summed E-state index contributed by atoms with van der Waals surface area (Å²) in [7, 11) is 3.42. The molecule has 1 aromatic carbocycles. The summed E-state index contributed by atoms with van der Waals surface area (Å²) in [6, 6.07) is 8.97. The van der Waals surface area contributed by atoms with Gasteiger partial charge in [-0.15, -0.1) is 0 Å². The Balaban J connectivity index is 1.53. The number of nitriles is 1. The number of carbonyl (C=O) groups excluding carboxylic acids is 1. The lowest BCUT2D eigenvalue weighted by molar-refractivity contribution is -0.0877. The van der Waals surface area contributed by atoms with E-state index in [9.17, 15) is 18.8 Å². The van der Waals surface area contributed by atoms with E-state index in [0.717, 1.165) is 18.7 Å². The lowest BCUT2D eigenvalue weighted by Gasteiger charge is -2.59. The third kappa shape index (κ3) is 3.93. The van der Waals surface area contributed by atoms with E-state index in [0.29, 0.717) is 30.0 Å². The molecule has 2 aliphatic rings. The van der Waals surface area contributed by atoms with Crippen LogP contribution in [0.2, 0.25) is 0 Å². The molecule has 2 aliphatic heterocycles. The van der Waals surface area contributed by atoms with Gasteiger partial charge in [0.15, 0.2) is 0 Å². The van der Waals surface area contributed by atoms with Gasteiger partial charge in [-0.3, -0.25) is 9.20 Å². The molecular weight excluding hydrogens is 468 g/mol. The van der Waals surface area contributed by atoms with Gasteiger partial charge in [-0.05, 0) is 50.7 Å². The summed E-state index contributed by atoms with van der Waals surface area (Å²) in [5.41, 5.74) is 1.88. The minimum absolute atomic E-state index is 0.0176. The van der Waals surface area contributed by atoms with Crippen molar-refractivity contribution in [2.75, 3.05) is 40.3 Å². The van der Waals surface area contributed by atoms with Crippen LogP contribution in [-0.4, -0.2) is 72.0 Å². The molecule has 4 heterocycles. The van der Waals surface area contributed by atoms with Gasteiger partial charge in [0.1, 0.15) is 22.7 Å². The minimum atomic E-state index is -3.11. The molecule has 0 aliphatic carbocycles. The molecule has 0 N–H and O–H groups in total. The predicted molar refractivity (Wildman–Crippen MR) is 128 cm³/mol. The highest BCUT2D eigenvalue weighted by Crippen LogP contribution is 2.43. The summed E-state index contributed by atoms with van der Waals surface area (Å²) in [4.78, 5) is 21.6. The normalized spacial score (nSPS) is 17.1. The molecule has 10 heteroatoms. The van der Waals surface area contributed by atoms with E-state index in [4.69, 9.17) is 9.47 Å². The fourth-order valence-corrected chi connectivity index (χ4v) is 5.31. The second-order valence-corrected chi connectivity index (χ2v) is 10.3. The van der Waals surface area contributed by atoms with Gasteiger partial charge in [0.05, 0.1) is 30.5 Å². The molecule has 0 atom stereocenters. The van der Waals surface area contributed by atoms with Crippen LogP contribution in [0.15, 0.2) is 36.7 Å². The van der Waals surface area contributed by atoms with Crippen molar-refractivity contribution < 1.29 is 23.0 Å². The number of amides is 1. The van der Waals surface area contributed by atoms with E-state index >= 15 is 0 Å². The highest BCUT2D eigenvalue weighted by Gasteiger charge is 2.52. The van der Waals surface area contributed by atoms with E-state index in [2.05, 4.69) is 16.0 Å². The Kier molecular flexibility index (Phi) is 5.63. The number of rotatable bonds is 6. The Labute approximate surface area is 207 Å². The lowest BCUT2D eigenvalue weighted by atomic mass is 9.73. The van der Waals surface area contributed by atoms with Crippen LogP contribution in [0.1, 0.15) is 29.8 Å². The Morgan fingerprint density at radius 3 is 2.50 bits per heavy atom. The number of fused-ring (bicyclic) bond motifs is 1. The number of pyridine rings is 1. The summed E-state index contributed by atoms with van der Waals surface area (Å²) in [5, 5.41) is 9.45. The van der Waals surface area contributed by atoms with Crippen LogP contribution in [0.5, 0.6) is 11.5 Å². The second-order valence-electron chi connectivity index (χ2n) is 10.3. The number of ether oxygens (including phenoxy) is 2. The summed E-state index contributed by atoms with van der Waals surface area (Å²) in [6.07, 6.45) is 3.38. The fraction of sp³-hybridized carbons (Fsp3) is 0.423. The molecule has 1 amide bonds. The number of likely N-dealkylation sites (tertiary alicyclic amines) is 2. The third-order valence-corrected chi connectivity index (χ3v) is 7.08. The average molecular weight is 496 g/mol. The van der Waals surface area contributed by atoms with Crippen molar-refractivity contribution in [3.05, 3.63) is 47.8 Å². The van der Waals surface area contributed by atoms with Gasteiger partial charge in [-0.1, -0.05) is 0 Å². The van der Waals surface area contributed by atoms with Crippen LogP contribution in [-0.2, 0) is 5.41 Å². The van der Waals surface area contributed by atoms with Crippen molar-refractivity contribution in [2.45, 2.75) is 25.9 Å². The fourth-order valence-electron chi connectivity index (χ4n) is 5.31. The van der Waals surface area contributed by atoms with Crippen LogP contribution >= 0.6 is 0 Å². The Morgan fingerprint density at radius 2 is 1.89 bits per heavy atom. The number of hydrogen-bond donors (Lipinski definition) is 0. The number of carbonyl (C=O) groups is 1. The molecule has 0 bridgehead atoms. The standard InChI is InChI=1S/C26H27F2N5O3/c1-25(2,11-29)17-5-6-33-18(10-30-21(33)9-17)16-7-19(35-4)22(20(8-16)36-24(27)28)23(34)32-14-26(15-32)12-31(3)13-26/h5-10,24H,12-15H2,1-4H3. The zero-order valence-electron chi connectivity index (χ0n) is 20.6. The van der Waals surface area contributed by atoms with E-state index in [1.54, 1.807) is 27.8 Å². The number of benzene rings is 1. The summed E-state index contributed by atoms with van der Waals surface area (Å²) in [6.45, 7) is 3.50. The molecule has 188 valence electrons. The maximum absolute atomic E-state index is 13.4. The first-order chi connectivity index (χ1) is 17.1. The first kappa shape index (κ1) is 24.0. The topological polar surface area (TPSA) is 83.1 Å². The van der Waals surface area contributed by atoms with Crippen LogP contribution in [0.4, 0.5) is 8.78 Å². The van der Waals surface area contributed by atoms with Crippen molar-refractivity contribution in [2.24, 2.45) is 5.41 Å². The molecule has 3 aromatic rings. The zero-order chi connectivity index (χ0) is 25.8. The largest absolute Gasteiger partial charge is 0.496 e. The number of methoxy groups -OCH3 is 1. The number of nitrogens with zero attached hydrogens (tertiary/aromatic N) is 5. The maximum atomic E-state index is 13.4. The molecule has 36 heavy (non-hydrogen) atoms. The van der Waals surface area contributed by atoms with E-state index in [1.165, 1.54) is 13.2 Å². The SMILES string of the molecule is COc1cc(-c2cnc3cc(C(C)(C)C#N)ccn23)cc(OC(F)F)c1C(=O)N1CC2(CN(C)C2)C1. The number of hydrogen-bond acceptors (Lipinski definition) is 6. The van der Waals surface area contributed by atoms with Gasteiger partial charge in [0.25, 0.3) is 5.91 Å². The van der Waals surface area contributed by atoms with Crippen molar-refractivity contribution in [3.8, 4) is 28.8 Å². The van der Waals surface area contributed by atoms with Gasteiger partial charge in [-0.2, -0.15) is 14.0 Å². The number of aromatic nitrogens is 2. The van der Waals surface area contributed by atoms with E-state index in [1.807, 2.05) is 33.0 Å². The van der Waals surface area contributed by atoms with Crippen LogP contribution in [0.25, 0.3) is 16.9 Å². The molecule has 2 saturated heterocycles. The van der Waals surface area contributed by atoms with Gasteiger partial charge in [0, 0.05) is 43.4 Å². The smallest absolute Gasteiger partial charge is 0.387 e. The van der Waals surface area contributed by atoms with Gasteiger partial charge < -0.3 is 19.3 Å². The van der Waals surface area contributed by atoms with Crippen LogP contribution in [0.3, 0.4) is 0 Å². The molecule has 2 fully saturated rings. The van der Waals surface area contributed by atoms with Gasteiger partial charge in [-0.25, -0.2) is 4.98 Å². The number of halogens is 2. The van der Waals surface area contributed by atoms with Crippen molar-refractivity contribution >= 4 is 11.6 Å². The maximum Gasteiger partial charge on any atom is 0.387 e. The predicted octanol–water partition coefficient (Wildman–Crippen LogP) is 3.80. The Bertz CT molecular complexity index is 1380. The molecule has 0 unspecified atom stereocenters. The van der Waals surface area contributed by atoms with Crippen LogP contribution in [0, 0.1) is 16.7 Å². The first-order valence-electron chi connectivity index (χ1n) is 11.6. The highest BCUT2D eigenvalue weighted by molar-refractivity contribution is 6.01. The van der Waals surface area contributed by atoms with Crippen molar-refractivity contribution in [1.82, 2.24) is 19.2 Å². The van der Waals surface area contributed by atoms with Gasteiger partial charge in [0.2, 0.25) is 0 Å². The quantitative estimate of drug-likeness (QED) is 0.517. The van der Waals surface area contributed by atoms with Gasteiger partial charge >= 0.3 is 6.61 Å². The first-order valence-corrected chi connectivity index (χ1v) is 11.6. The molecule has 2 aromatic heterocycles. The van der Waals surface area contributed by atoms with Crippen LogP contribution < -0.4 is 9.47 Å². The molecule has 5 rings (SSSR count). The minimum Gasteiger partial charge on any atom is -0.496 e. The average Bonchev–Trinajstić information content (AvgIpc) is 3.22. The monoisotopic (exact) mass is 495 g/mol.